The first kappa shape index (κ1) is 24.7. The first-order valence-electron chi connectivity index (χ1n) is 11.5. The Morgan fingerprint density at radius 1 is 1.17 bits per heavy atom. The molecule has 35 heavy (non-hydrogen) atoms. The van der Waals surface area contributed by atoms with Crippen LogP contribution in [-0.4, -0.2) is 56.1 Å². The maximum absolute atomic E-state index is 13.6. The van der Waals surface area contributed by atoms with Gasteiger partial charge in [0.1, 0.15) is 28.6 Å². The monoisotopic (exact) mass is 498 g/mol. The van der Waals surface area contributed by atoms with Crippen molar-refractivity contribution >= 4 is 32.4 Å². The van der Waals surface area contributed by atoms with E-state index in [1.165, 1.54) is 6.07 Å². The van der Waals surface area contributed by atoms with E-state index in [-0.39, 0.29) is 22.0 Å². The zero-order valence-electron chi connectivity index (χ0n) is 20.3. The van der Waals surface area contributed by atoms with E-state index >= 15 is 0 Å². The molecule has 0 bridgehead atoms. The number of para-hydroxylation sites is 1. The summed E-state index contributed by atoms with van der Waals surface area (Å²) in [4.78, 5) is 15.6. The molecule has 0 radical (unpaired) electrons. The molecule has 4 rings (SSSR count). The van der Waals surface area contributed by atoms with Crippen molar-refractivity contribution in [2.24, 2.45) is 10.3 Å². The molecule has 0 amide bonds. The number of hydrogen-bond donors (Lipinski definition) is 2. The SMILES string of the molecule is CC(C)CCn1c(=O)c(C2=NS(=O)(=O)c3ccccc3N2)c(O)c2cc(OCCN(C)C)ccc21. The van der Waals surface area contributed by atoms with Gasteiger partial charge in [-0.3, -0.25) is 4.79 Å². The summed E-state index contributed by atoms with van der Waals surface area (Å²) in [6.07, 6.45) is 0.724. The van der Waals surface area contributed by atoms with Gasteiger partial charge in [-0.1, -0.05) is 26.0 Å². The highest BCUT2D eigenvalue weighted by Crippen LogP contribution is 2.34. The molecular formula is C25H30N4O5S. The van der Waals surface area contributed by atoms with E-state index in [9.17, 15) is 18.3 Å². The van der Waals surface area contributed by atoms with Gasteiger partial charge in [-0.25, -0.2) is 0 Å². The fourth-order valence-corrected chi connectivity index (χ4v) is 5.02. The minimum Gasteiger partial charge on any atom is -0.506 e. The van der Waals surface area contributed by atoms with Gasteiger partial charge in [0.25, 0.3) is 15.6 Å². The molecule has 0 spiro atoms. The molecule has 0 aliphatic carbocycles. The maximum atomic E-state index is 13.6. The number of rotatable bonds is 8. The Balaban J connectivity index is 1.89. The van der Waals surface area contributed by atoms with Crippen molar-refractivity contribution < 1.29 is 18.3 Å². The molecule has 10 heteroatoms. The standard InChI is InChI=1S/C25H30N4O5S/c1-16(2)11-12-29-20-10-9-17(34-14-13-28(3)4)15-18(20)23(30)22(25(29)31)24-26-19-7-5-6-8-21(19)35(32,33)27-24/h5-10,15-16,30H,11-14H2,1-4H3,(H,26,27). The van der Waals surface area contributed by atoms with Gasteiger partial charge >= 0.3 is 0 Å². The van der Waals surface area contributed by atoms with Crippen molar-refractivity contribution in [2.45, 2.75) is 31.7 Å². The highest BCUT2D eigenvalue weighted by molar-refractivity contribution is 7.90. The molecule has 0 unspecified atom stereocenters. The summed E-state index contributed by atoms with van der Waals surface area (Å²) >= 11 is 0. The smallest absolute Gasteiger partial charge is 0.286 e. The number of amidine groups is 1. The molecule has 186 valence electrons. The van der Waals surface area contributed by atoms with Crippen LogP contribution < -0.4 is 15.6 Å². The molecule has 0 atom stereocenters. The van der Waals surface area contributed by atoms with Gasteiger partial charge in [-0.2, -0.15) is 8.42 Å². The third kappa shape index (κ3) is 5.03. The molecule has 2 heterocycles. The van der Waals surface area contributed by atoms with E-state index in [1.54, 1.807) is 41.0 Å². The molecule has 2 N–H and O–H groups in total. The van der Waals surface area contributed by atoms with Crippen molar-refractivity contribution in [1.82, 2.24) is 9.47 Å². The van der Waals surface area contributed by atoms with Gasteiger partial charge in [0.05, 0.1) is 11.2 Å². The van der Waals surface area contributed by atoms with Crippen LogP contribution in [0.25, 0.3) is 10.9 Å². The van der Waals surface area contributed by atoms with Crippen LogP contribution in [-0.2, 0) is 16.6 Å². The topological polar surface area (TPSA) is 113 Å². The summed E-state index contributed by atoms with van der Waals surface area (Å²) in [5, 5.41) is 14.6. The van der Waals surface area contributed by atoms with Crippen LogP contribution in [0.15, 0.2) is 56.6 Å². The second-order valence-corrected chi connectivity index (χ2v) is 10.8. The lowest BCUT2D eigenvalue weighted by Crippen LogP contribution is -2.33. The Hall–Kier alpha value is -3.37. The van der Waals surface area contributed by atoms with Crippen LogP contribution in [0.3, 0.4) is 0 Å². The van der Waals surface area contributed by atoms with Gasteiger partial charge in [-0.15, -0.1) is 4.40 Å². The number of sulfonamides is 1. The molecule has 0 saturated heterocycles. The summed E-state index contributed by atoms with van der Waals surface area (Å²) in [6.45, 7) is 5.67. The first-order valence-corrected chi connectivity index (χ1v) is 12.9. The van der Waals surface area contributed by atoms with Crippen LogP contribution in [0.4, 0.5) is 5.69 Å². The van der Waals surface area contributed by atoms with Crippen LogP contribution in [0.2, 0.25) is 0 Å². The van der Waals surface area contributed by atoms with E-state index in [0.717, 1.165) is 6.42 Å². The van der Waals surface area contributed by atoms with Gasteiger partial charge in [-0.05, 0) is 56.8 Å². The van der Waals surface area contributed by atoms with Crippen LogP contribution in [0, 0.1) is 5.92 Å². The lowest BCUT2D eigenvalue weighted by molar-refractivity contribution is 0.261. The van der Waals surface area contributed by atoms with Crippen LogP contribution in [0.5, 0.6) is 11.5 Å². The zero-order chi connectivity index (χ0) is 25.3. The highest BCUT2D eigenvalue weighted by Gasteiger charge is 2.29. The quantitative estimate of drug-likeness (QED) is 0.490. The number of pyridine rings is 1. The van der Waals surface area contributed by atoms with Crippen molar-refractivity contribution in [3.63, 3.8) is 0 Å². The Kier molecular flexibility index (Phi) is 6.86. The lowest BCUT2D eigenvalue weighted by Gasteiger charge is -2.21. The predicted octanol–water partition coefficient (Wildman–Crippen LogP) is 3.25. The Morgan fingerprint density at radius 3 is 2.63 bits per heavy atom. The number of likely N-dealkylation sites (N-methyl/N-ethyl adjacent to an activating group) is 1. The second-order valence-electron chi connectivity index (χ2n) is 9.23. The van der Waals surface area contributed by atoms with E-state index in [4.69, 9.17) is 4.74 Å². The second kappa shape index (κ2) is 9.71. The number of aromatic nitrogens is 1. The average molecular weight is 499 g/mol. The summed E-state index contributed by atoms with van der Waals surface area (Å²) in [7, 11) is -0.169. The number of ether oxygens (including phenoxy) is 1. The third-order valence-corrected chi connectivity index (χ3v) is 7.15. The Labute approximate surface area is 204 Å². The molecule has 3 aromatic rings. The largest absolute Gasteiger partial charge is 0.506 e. The number of nitrogens with one attached hydrogen (secondary N) is 1. The molecule has 0 fully saturated rings. The van der Waals surface area contributed by atoms with Crippen LogP contribution >= 0.6 is 0 Å². The zero-order valence-corrected chi connectivity index (χ0v) is 21.1. The normalized spacial score (nSPS) is 14.6. The third-order valence-electron chi connectivity index (χ3n) is 5.81. The highest BCUT2D eigenvalue weighted by atomic mass is 32.2. The molecular weight excluding hydrogens is 468 g/mol. The molecule has 1 aliphatic heterocycles. The predicted molar refractivity (Wildman–Crippen MR) is 137 cm³/mol. The van der Waals surface area contributed by atoms with Gasteiger partial charge in [0, 0.05) is 18.5 Å². The van der Waals surface area contributed by atoms with E-state index in [2.05, 4.69) is 23.6 Å². The molecule has 1 aliphatic rings. The first-order chi connectivity index (χ1) is 16.6. The average Bonchev–Trinajstić information content (AvgIpc) is 2.78. The Morgan fingerprint density at radius 2 is 1.91 bits per heavy atom. The summed E-state index contributed by atoms with van der Waals surface area (Å²) in [5.41, 5.74) is 0.130. The van der Waals surface area contributed by atoms with Gasteiger partial charge in [0.2, 0.25) is 0 Å². The summed E-state index contributed by atoms with van der Waals surface area (Å²) in [6, 6.07) is 11.5. The fourth-order valence-electron chi connectivity index (χ4n) is 3.90. The lowest BCUT2D eigenvalue weighted by atomic mass is 10.1. The van der Waals surface area contributed by atoms with Crippen LogP contribution in [0.1, 0.15) is 25.8 Å². The minimum atomic E-state index is -4.06. The van der Waals surface area contributed by atoms with Crippen molar-refractivity contribution in [2.75, 3.05) is 32.6 Å². The number of aromatic hydroxyl groups is 1. The fraction of sp³-hybridized carbons (Fsp3) is 0.360. The van der Waals surface area contributed by atoms with Gasteiger partial charge < -0.3 is 24.6 Å². The number of fused-ring (bicyclic) bond motifs is 2. The van der Waals surface area contributed by atoms with Crippen molar-refractivity contribution in [3.05, 3.63) is 58.4 Å². The van der Waals surface area contributed by atoms with E-state index in [1.807, 2.05) is 19.0 Å². The number of nitrogens with zero attached hydrogens (tertiary/aromatic N) is 3. The number of anilines is 1. The number of benzene rings is 2. The summed E-state index contributed by atoms with van der Waals surface area (Å²) < 4.78 is 36.9. The Bertz CT molecular complexity index is 1460. The maximum Gasteiger partial charge on any atom is 0.286 e. The molecule has 0 saturated carbocycles. The number of hydrogen-bond acceptors (Lipinski definition) is 7. The molecule has 9 nitrogen and oxygen atoms in total. The van der Waals surface area contributed by atoms with E-state index in [0.29, 0.717) is 48.0 Å². The molecule has 2 aromatic carbocycles. The van der Waals surface area contributed by atoms with Crippen molar-refractivity contribution in [3.8, 4) is 11.5 Å². The van der Waals surface area contributed by atoms with Crippen molar-refractivity contribution in [1.29, 1.82) is 0 Å². The number of aryl methyl sites for hydroxylation is 1. The summed E-state index contributed by atoms with van der Waals surface area (Å²) in [5.74, 6) is 0.321. The minimum absolute atomic E-state index is 0.0146. The van der Waals surface area contributed by atoms with E-state index < -0.39 is 15.6 Å². The van der Waals surface area contributed by atoms with Gasteiger partial charge in [0.15, 0.2) is 5.84 Å². The molecule has 1 aromatic heterocycles.